The Balaban J connectivity index is 1.11. The van der Waals surface area contributed by atoms with E-state index in [0.717, 1.165) is 37.9 Å². The van der Waals surface area contributed by atoms with Gasteiger partial charge in [0.1, 0.15) is 6.61 Å². The monoisotopic (exact) mass is 694 g/mol. The fourth-order valence-electron chi connectivity index (χ4n) is 6.19. The maximum atomic E-state index is 12.7. The number of thioether (sulfide) groups is 1. The van der Waals surface area contributed by atoms with Crippen LogP contribution >= 0.6 is 11.8 Å². The summed E-state index contributed by atoms with van der Waals surface area (Å²) in [5.74, 6) is 0.584. The van der Waals surface area contributed by atoms with Crippen molar-refractivity contribution in [3.05, 3.63) is 41.4 Å². The first kappa shape index (κ1) is 39.7. The third-order valence-corrected chi connectivity index (χ3v) is 11.4. The van der Waals surface area contributed by atoms with Gasteiger partial charge in [0.25, 0.3) is 10.1 Å². The largest absolute Gasteiger partial charge is 0.447 e. The van der Waals surface area contributed by atoms with Gasteiger partial charge >= 0.3 is 6.09 Å². The van der Waals surface area contributed by atoms with Crippen molar-refractivity contribution in [3.8, 4) is 0 Å². The lowest BCUT2D eigenvalue weighted by Crippen LogP contribution is -2.31. The lowest BCUT2D eigenvalue weighted by atomic mass is 9.97. The zero-order valence-corrected chi connectivity index (χ0v) is 30.8. The summed E-state index contributed by atoms with van der Waals surface area (Å²) in [5.41, 5.74) is 0.387. The van der Waals surface area contributed by atoms with E-state index in [-0.39, 0.29) is 11.0 Å². The van der Waals surface area contributed by atoms with Crippen molar-refractivity contribution in [3.63, 3.8) is 0 Å². The van der Waals surface area contributed by atoms with E-state index < -0.39 is 21.8 Å². The molecule has 3 rings (SSSR count). The van der Waals surface area contributed by atoms with Gasteiger partial charge in [-0.1, -0.05) is 126 Å². The molecule has 3 unspecified atom stereocenters. The molecule has 3 atom stereocenters. The summed E-state index contributed by atoms with van der Waals surface area (Å²) in [7, 11) is -3.84. The zero-order chi connectivity index (χ0) is 33.6. The predicted molar refractivity (Wildman–Crippen MR) is 193 cm³/mol. The molecule has 0 bridgehead atoms. The predicted octanol–water partition coefficient (Wildman–Crippen LogP) is 9.68. The molecule has 1 N–H and O–H groups in total. The van der Waals surface area contributed by atoms with Crippen LogP contribution in [-0.4, -0.2) is 57.4 Å². The molecule has 2 heterocycles. The Morgan fingerprint density at radius 2 is 1.51 bits per heavy atom. The quantitative estimate of drug-likeness (QED) is 0.0757. The van der Waals surface area contributed by atoms with E-state index >= 15 is 0 Å². The highest BCUT2D eigenvalue weighted by atomic mass is 32.2. The lowest BCUT2D eigenvalue weighted by Gasteiger charge is -2.24. The minimum atomic E-state index is -3.84. The number of ether oxygens (including phenoxy) is 2. The SMILES string of the molecule is CCCCCCCCCCCCCCCCC1COC(COC(=O)NCCCCCN2C=CSC2OS(=O)(=O)c2ccc(C)cc2)C1. The molecule has 1 aromatic rings. The summed E-state index contributed by atoms with van der Waals surface area (Å²) in [6.45, 7) is 6.49. The van der Waals surface area contributed by atoms with Crippen molar-refractivity contribution in [1.29, 1.82) is 0 Å². The van der Waals surface area contributed by atoms with Crippen LogP contribution in [0.5, 0.6) is 0 Å². The van der Waals surface area contributed by atoms with Gasteiger partial charge in [-0.15, -0.1) is 0 Å². The number of carbonyl (C=O) groups excluding carboxylic acids is 1. The van der Waals surface area contributed by atoms with Gasteiger partial charge in [-0.05, 0) is 62.5 Å². The van der Waals surface area contributed by atoms with Crippen LogP contribution < -0.4 is 5.32 Å². The van der Waals surface area contributed by atoms with Gasteiger partial charge in [-0.3, -0.25) is 0 Å². The van der Waals surface area contributed by atoms with E-state index in [9.17, 15) is 13.2 Å². The van der Waals surface area contributed by atoms with Gasteiger partial charge in [0.15, 0.2) is 0 Å². The number of amides is 1. The smallest absolute Gasteiger partial charge is 0.407 e. The van der Waals surface area contributed by atoms with Gasteiger partial charge < -0.3 is 19.7 Å². The number of unbranched alkanes of at least 4 members (excludes halogenated alkanes) is 15. The summed E-state index contributed by atoms with van der Waals surface area (Å²) in [6.07, 6.45) is 25.6. The molecule has 0 spiro atoms. The van der Waals surface area contributed by atoms with Crippen molar-refractivity contribution in [2.24, 2.45) is 5.92 Å². The minimum Gasteiger partial charge on any atom is -0.447 e. The maximum absolute atomic E-state index is 12.7. The summed E-state index contributed by atoms with van der Waals surface area (Å²) >= 11 is 1.33. The molecule has 8 nitrogen and oxygen atoms in total. The highest BCUT2D eigenvalue weighted by Crippen LogP contribution is 2.30. The average molecular weight is 695 g/mol. The molecule has 0 saturated carbocycles. The standard InChI is InChI=1S/C37H62N2O6S2/c1-3-4-5-6-7-8-9-10-11-12-13-14-15-17-20-33-29-34(43-30-33)31-44-36(40)38-25-18-16-19-26-39-27-28-46-37(39)45-47(41,42)35-23-21-32(2)22-24-35/h21-24,27-28,33-34,37H,3-20,25-26,29-31H2,1-2H3,(H,38,40). The van der Waals surface area contributed by atoms with E-state index in [4.69, 9.17) is 13.7 Å². The molecule has 1 saturated heterocycles. The number of aryl methyl sites for hydroxylation is 1. The van der Waals surface area contributed by atoms with E-state index in [1.807, 2.05) is 23.4 Å². The van der Waals surface area contributed by atoms with E-state index in [1.165, 1.54) is 108 Å². The molecule has 0 aliphatic carbocycles. The first-order chi connectivity index (χ1) is 22.9. The van der Waals surface area contributed by atoms with Crippen molar-refractivity contribution < 1.29 is 26.9 Å². The molecule has 47 heavy (non-hydrogen) atoms. The number of alkyl carbamates (subject to hydrolysis) is 1. The van der Waals surface area contributed by atoms with Gasteiger partial charge in [-0.25, -0.2) is 8.98 Å². The lowest BCUT2D eigenvalue weighted by molar-refractivity contribution is 0.0425. The second kappa shape index (κ2) is 23.6. The van der Waals surface area contributed by atoms with Gasteiger partial charge in [0.05, 0.1) is 17.6 Å². The van der Waals surface area contributed by atoms with Crippen LogP contribution in [0, 0.1) is 12.8 Å². The number of hydrogen-bond donors (Lipinski definition) is 1. The first-order valence-corrected chi connectivity index (χ1v) is 20.8. The summed E-state index contributed by atoms with van der Waals surface area (Å²) in [5, 5.41) is 4.69. The number of carbonyl (C=O) groups is 1. The Labute approximate surface area is 290 Å². The van der Waals surface area contributed by atoms with Gasteiger partial charge in [0, 0.05) is 19.3 Å². The molecule has 0 aromatic heterocycles. The number of rotatable bonds is 26. The Hall–Kier alpha value is -1.75. The number of benzene rings is 1. The van der Waals surface area contributed by atoms with Crippen LogP contribution in [0.4, 0.5) is 4.79 Å². The fourth-order valence-corrected chi connectivity index (χ4v) is 8.28. The molecule has 268 valence electrons. The fraction of sp³-hybridized carbons (Fsp3) is 0.757. The average Bonchev–Trinajstić information content (AvgIpc) is 3.70. The Morgan fingerprint density at radius 1 is 0.894 bits per heavy atom. The van der Waals surface area contributed by atoms with Crippen molar-refractivity contribution >= 4 is 28.0 Å². The van der Waals surface area contributed by atoms with Crippen LogP contribution in [0.15, 0.2) is 40.8 Å². The van der Waals surface area contributed by atoms with E-state index in [1.54, 1.807) is 24.3 Å². The molecular weight excluding hydrogens is 633 g/mol. The van der Waals surface area contributed by atoms with Crippen LogP contribution in [-0.2, 0) is 23.8 Å². The first-order valence-electron chi connectivity index (χ1n) is 18.5. The molecular formula is C37H62N2O6S2. The Bertz CT molecular complexity index is 1110. The molecule has 10 heteroatoms. The van der Waals surface area contributed by atoms with Crippen LogP contribution in [0.2, 0.25) is 0 Å². The Kier molecular flexibility index (Phi) is 19.9. The van der Waals surface area contributed by atoms with Crippen LogP contribution in [0.25, 0.3) is 0 Å². The van der Waals surface area contributed by atoms with E-state index in [0.29, 0.717) is 25.6 Å². The molecule has 2 aliphatic heterocycles. The topological polar surface area (TPSA) is 94.2 Å². The molecule has 1 aromatic carbocycles. The molecule has 1 amide bonds. The molecule has 1 fully saturated rings. The van der Waals surface area contributed by atoms with Crippen molar-refractivity contribution in [2.45, 2.75) is 152 Å². The summed E-state index contributed by atoms with van der Waals surface area (Å²) in [4.78, 5) is 14.2. The highest BCUT2D eigenvalue weighted by Gasteiger charge is 2.28. The van der Waals surface area contributed by atoms with Crippen molar-refractivity contribution in [2.75, 3.05) is 26.3 Å². The Morgan fingerprint density at radius 3 is 2.17 bits per heavy atom. The third-order valence-electron chi connectivity index (χ3n) is 9.13. The second-order valence-corrected chi connectivity index (χ2v) is 15.9. The summed E-state index contributed by atoms with van der Waals surface area (Å²) < 4.78 is 42.1. The molecule has 0 radical (unpaired) electrons. The minimum absolute atomic E-state index is 0.00812. The normalized spacial score (nSPS) is 19.4. The zero-order valence-electron chi connectivity index (χ0n) is 29.2. The maximum Gasteiger partial charge on any atom is 0.407 e. The molecule has 2 aliphatic rings. The number of nitrogens with zero attached hydrogens (tertiary/aromatic N) is 1. The van der Waals surface area contributed by atoms with Crippen LogP contribution in [0.3, 0.4) is 0 Å². The van der Waals surface area contributed by atoms with Crippen molar-refractivity contribution in [1.82, 2.24) is 10.2 Å². The van der Waals surface area contributed by atoms with E-state index in [2.05, 4.69) is 12.2 Å². The second-order valence-electron chi connectivity index (χ2n) is 13.4. The highest BCUT2D eigenvalue weighted by molar-refractivity contribution is 8.03. The third kappa shape index (κ3) is 17.0. The number of nitrogens with one attached hydrogen (secondary N) is 1. The van der Waals surface area contributed by atoms with Crippen LogP contribution in [0.1, 0.15) is 134 Å². The number of hydrogen-bond acceptors (Lipinski definition) is 8. The van der Waals surface area contributed by atoms with Gasteiger partial charge in [0.2, 0.25) is 5.56 Å². The van der Waals surface area contributed by atoms with Gasteiger partial charge in [-0.2, -0.15) is 8.42 Å². The summed E-state index contributed by atoms with van der Waals surface area (Å²) in [6, 6.07) is 6.66.